The molecule has 1 saturated heterocycles. The first kappa shape index (κ1) is 19.6. The van der Waals surface area contributed by atoms with Gasteiger partial charge in [-0.3, -0.25) is 9.59 Å². The summed E-state index contributed by atoms with van der Waals surface area (Å²) in [6.45, 7) is 3.50. The number of nitrogens with one attached hydrogen (secondary N) is 1. The van der Waals surface area contributed by atoms with Crippen molar-refractivity contribution in [3.8, 4) is 5.88 Å². The number of benzene rings is 1. The van der Waals surface area contributed by atoms with Crippen molar-refractivity contribution < 1.29 is 14.3 Å². The van der Waals surface area contributed by atoms with E-state index in [1.807, 2.05) is 43.3 Å². The van der Waals surface area contributed by atoms with Gasteiger partial charge < -0.3 is 15.0 Å². The highest BCUT2D eigenvalue weighted by atomic mass is 16.5. The van der Waals surface area contributed by atoms with Crippen LogP contribution in [0.2, 0.25) is 0 Å². The molecule has 2 amide bonds. The molecular formula is C22H25N3O3. The van der Waals surface area contributed by atoms with Gasteiger partial charge in [0.1, 0.15) is 5.69 Å². The SMILES string of the molecule is CCOc1ncccc1NC(=O)C1CCN(C(=O)/C=C/c2ccccc2)CC1. The molecule has 0 unspecified atom stereocenters. The number of ether oxygens (including phenoxy) is 1. The van der Waals surface area contributed by atoms with E-state index in [4.69, 9.17) is 4.74 Å². The molecule has 0 saturated carbocycles. The molecular weight excluding hydrogens is 354 g/mol. The number of likely N-dealkylation sites (tertiary alicyclic amines) is 1. The Bertz CT molecular complexity index is 828. The molecule has 2 heterocycles. The van der Waals surface area contributed by atoms with E-state index in [0.717, 1.165) is 5.56 Å². The van der Waals surface area contributed by atoms with Crippen LogP contribution in [0.15, 0.2) is 54.7 Å². The Morgan fingerprint density at radius 3 is 2.64 bits per heavy atom. The molecule has 1 aromatic carbocycles. The zero-order chi connectivity index (χ0) is 19.8. The quantitative estimate of drug-likeness (QED) is 0.781. The van der Waals surface area contributed by atoms with E-state index in [9.17, 15) is 9.59 Å². The molecule has 0 radical (unpaired) electrons. The summed E-state index contributed by atoms with van der Waals surface area (Å²) >= 11 is 0. The van der Waals surface area contributed by atoms with E-state index in [2.05, 4.69) is 10.3 Å². The van der Waals surface area contributed by atoms with Crippen LogP contribution in [0.3, 0.4) is 0 Å². The van der Waals surface area contributed by atoms with Crippen LogP contribution in [0.25, 0.3) is 6.08 Å². The molecule has 0 bridgehead atoms. The van der Waals surface area contributed by atoms with Crippen LogP contribution in [-0.2, 0) is 9.59 Å². The second-order valence-electron chi connectivity index (χ2n) is 6.62. The van der Waals surface area contributed by atoms with Gasteiger partial charge in [-0.1, -0.05) is 30.3 Å². The van der Waals surface area contributed by atoms with E-state index in [-0.39, 0.29) is 17.7 Å². The first-order valence-electron chi connectivity index (χ1n) is 9.58. The van der Waals surface area contributed by atoms with Gasteiger partial charge in [-0.25, -0.2) is 4.98 Å². The summed E-state index contributed by atoms with van der Waals surface area (Å²) in [6, 6.07) is 13.3. The predicted molar refractivity (Wildman–Crippen MR) is 109 cm³/mol. The average molecular weight is 379 g/mol. The molecule has 2 aromatic rings. The van der Waals surface area contributed by atoms with Gasteiger partial charge in [0.15, 0.2) is 0 Å². The molecule has 0 atom stereocenters. The van der Waals surface area contributed by atoms with Crippen molar-refractivity contribution in [1.29, 1.82) is 0 Å². The number of carbonyl (C=O) groups is 2. The summed E-state index contributed by atoms with van der Waals surface area (Å²) in [5.41, 5.74) is 1.57. The number of aromatic nitrogens is 1. The highest BCUT2D eigenvalue weighted by molar-refractivity contribution is 5.94. The average Bonchev–Trinajstić information content (AvgIpc) is 2.74. The van der Waals surface area contributed by atoms with Gasteiger partial charge in [0.05, 0.1) is 6.61 Å². The van der Waals surface area contributed by atoms with Crippen LogP contribution in [0.5, 0.6) is 5.88 Å². The van der Waals surface area contributed by atoms with E-state index in [0.29, 0.717) is 44.1 Å². The normalized spacial score (nSPS) is 14.8. The summed E-state index contributed by atoms with van der Waals surface area (Å²) in [7, 11) is 0. The fourth-order valence-electron chi connectivity index (χ4n) is 3.17. The van der Waals surface area contributed by atoms with Crippen molar-refractivity contribution in [3.05, 3.63) is 60.3 Å². The van der Waals surface area contributed by atoms with Crippen molar-refractivity contribution in [2.45, 2.75) is 19.8 Å². The zero-order valence-electron chi connectivity index (χ0n) is 16.0. The molecule has 1 aromatic heterocycles. The van der Waals surface area contributed by atoms with Gasteiger partial charge >= 0.3 is 0 Å². The third-order valence-corrected chi connectivity index (χ3v) is 4.71. The molecule has 1 N–H and O–H groups in total. The number of carbonyl (C=O) groups excluding carboxylic acids is 2. The number of piperidine rings is 1. The highest BCUT2D eigenvalue weighted by Gasteiger charge is 2.27. The summed E-state index contributed by atoms with van der Waals surface area (Å²) in [5.74, 6) is 0.225. The number of nitrogens with zero attached hydrogens (tertiary/aromatic N) is 2. The molecule has 0 spiro atoms. The predicted octanol–water partition coefficient (Wildman–Crippen LogP) is 3.37. The summed E-state index contributed by atoms with van der Waals surface area (Å²) in [6.07, 6.45) is 6.33. The monoisotopic (exact) mass is 379 g/mol. The summed E-state index contributed by atoms with van der Waals surface area (Å²) in [4.78, 5) is 30.9. The van der Waals surface area contributed by atoms with E-state index in [1.165, 1.54) is 0 Å². The van der Waals surface area contributed by atoms with Gasteiger partial charge in [-0.2, -0.15) is 0 Å². The first-order chi connectivity index (χ1) is 13.7. The molecule has 1 fully saturated rings. The fourth-order valence-corrected chi connectivity index (χ4v) is 3.17. The Hall–Kier alpha value is -3.15. The molecule has 6 heteroatoms. The molecule has 6 nitrogen and oxygen atoms in total. The minimum atomic E-state index is -0.128. The largest absolute Gasteiger partial charge is 0.476 e. The number of rotatable bonds is 6. The van der Waals surface area contributed by atoms with Crippen molar-refractivity contribution in [1.82, 2.24) is 9.88 Å². The fraction of sp³-hybridized carbons (Fsp3) is 0.318. The number of pyridine rings is 1. The van der Waals surface area contributed by atoms with Crippen molar-refractivity contribution >= 4 is 23.6 Å². The van der Waals surface area contributed by atoms with Crippen molar-refractivity contribution in [3.63, 3.8) is 0 Å². The maximum atomic E-state index is 12.6. The zero-order valence-corrected chi connectivity index (χ0v) is 16.0. The third-order valence-electron chi connectivity index (χ3n) is 4.71. The minimum absolute atomic E-state index is 0.0198. The van der Waals surface area contributed by atoms with Crippen LogP contribution < -0.4 is 10.1 Å². The van der Waals surface area contributed by atoms with Crippen molar-refractivity contribution in [2.24, 2.45) is 5.92 Å². The number of hydrogen-bond acceptors (Lipinski definition) is 4. The molecule has 0 aliphatic carbocycles. The van der Waals surface area contributed by atoms with E-state index >= 15 is 0 Å². The number of hydrogen-bond donors (Lipinski definition) is 1. The molecule has 146 valence electrons. The van der Waals surface area contributed by atoms with Gasteiger partial charge in [0.2, 0.25) is 17.7 Å². The molecule has 3 rings (SSSR count). The molecule has 1 aliphatic heterocycles. The van der Waals surface area contributed by atoms with Gasteiger partial charge in [0.25, 0.3) is 0 Å². The Kier molecular flexibility index (Phi) is 6.78. The summed E-state index contributed by atoms with van der Waals surface area (Å²) < 4.78 is 5.45. The molecule has 1 aliphatic rings. The first-order valence-corrected chi connectivity index (χ1v) is 9.58. The van der Waals surface area contributed by atoms with Gasteiger partial charge in [0, 0.05) is 31.3 Å². The van der Waals surface area contributed by atoms with Crippen molar-refractivity contribution in [2.75, 3.05) is 25.0 Å². The third kappa shape index (κ3) is 5.19. The minimum Gasteiger partial charge on any atom is -0.476 e. The Balaban J connectivity index is 1.51. The van der Waals surface area contributed by atoms with Crippen LogP contribution in [0.1, 0.15) is 25.3 Å². The van der Waals surface area contributed by atoms with Crippen LogP contribution in [0, 0.1) is 5.92 Å². The van der Waals surface area contributed by atoms with E-state index in [1.54, 1.807) is 29.3 Å². The lowest BCUT2D eigenvalue weighted by atomic mass is 9.95. The maximum absolute atomic E-state index is 12.6. The Morgan fingerprint density at radius 2 is 1.93 bits per heavy atom. The lowest BCUT2D eigenvalue weighted by molar-refractivity contribution is -0.130. The van der Waals surface area contributed by atoms with Crippen LogP contribution in [-0.4, -0.2) is 41.4 Å². The summed E-state index contributed by atoms with van der Waals surface area (Å²) in [5, 5.41) is 2.91. The highest BCUT2D eigenvalue weighted by Crippen LogP contribution is 2.24. The van der Waals surface area contributed by atoms with E-state index < -0.39 is 0 Å². The lowest BCUT2D eigenvalue weighted by Crippen LogP contribution is -2.40. The molecule has 28 heavy (non-hydrogen) atoms. The lowest BCUT2D eigenvalue weighted by Gasteiger charge is -2.30. The topological polar surface area (TPSA) is 71.5 Å². The van der Waals surface area contributed by atoms with Crippen LogP contribution >= 0.6 is 0 Å². The Labute approximate surface area is 165 Å². The number of anilines is 1. The smallest absolute Gasteiger partial charge is 0.246 e. The standard InChI is InChI=1S/C22H25N3O3/c1-2-28-22-19(9-6-14-23-22)24-21(27)18-12-15-25(16-13-18)20(26)11-10-17-7-4-3-5-8-17/h3-11,14,18H,2,12-13,15-16H2,1H3,(H,24,27)/b11-10+. The number of amides is 2. The second-order valence-corrected chi connectivity index (χ2v) is 6.62. The Morgan fingerprint density at radius 1 is 1.18 bits per heavy atom. The second kappa shape index (κ2) is 9.69. The van der Waals surface area contributed by atoms with Gasteiger partial charge in [-0.15, -0.1) is 0 Å². The van der Waals surface area contributed by atoms with Gasteiger partial charge in [-0.05, 0) is 43.5 Å². The van der Waals surface area contributed by atoms with Crippen LogP contribution in [0.4, 0.5) is 5.69 Å². The maximum Gasteiger partial charge on any atom is 0.246 e.